The third-order valence-electron chi connectivity index (χ3n) is 4.29. The van der Waals surface area contributed by atoms with Crippen LogP contribution in [0.5, 0.6) is 0 Å². The van der Waals surface area contributed by atoms with Gasteiger partial charge in [-0.25, -0.2) is 4.79 Å². The summed E-state index contributed by atoms with van der Waals surface area (Å²) >= 11 is 0. The first kappa shape index (κ1) is 19.1. The van der Waals surface area contributed by atoms with Crippen LogP contribution >= 0.6 is 0 Å². The molecule has 8 heteroatoms. The van der Waals surface area contributed by atoms with Crippen molar-refractivity contribution in [1.82, 2.24) is 14.7 Å². The Hall–Kier alpha value is -2.71. The number of benzene rings is 1. The highest BCUT2D eigenvalue weighted by Gasteiger charge is 2.18. The topological polar surface area (TPSA) is 85.7 Å². The van der Waals surface area contributed by atoms with Gasteiger partial charge in [-0.15, -0.1) is 0 Å². The second-order valence-corrected chi connectivity index (χ2v) is 6.30. The number of aromatic nitrogens is 2. The summed E-state index contributed by atoms with van der Waals surface area (Å²) in [6.45, 7) is 6.11. The van der Waals surface area contributed by atoms with Gasteiger partial charge in [0.15, 0.2) is 5.69 Å². The number of ether oxygens (including phenoxy) is 2. The lowest BCUT2D eigenvalue weighted by Gasteiger charge is -2.26. The average Bonchev–Trinajstić information content (AvgIpc) is 3.05. The van der Waals surface area contributed by atoms with Crippen LogP contribution in [0.15, 0.2) is 30.3 Å². The molecule has 0 atom stereocenters. The van der Waals surface area contributed by atoms with Gasteiger partial charge in [-0.2, -0.15) is 5.10 Å². The Morgan fingerprint density at radius 1 is 1.26 bits per heavy atom. The van der Waals surface area contributed by atoms with Crippen LogP contribution in [0.25, 0.3) is 0 Å². The summed E-state index contributed by atoms with van der Waals surface area (Å²) in [5.74, 6) is -0.872. The van der Waals surface area contributed by atoms with Gasteiger partial charge in [0.2, 0.25) is 0 Å². The third kappa shape index (κ3) is 4.93. The van der Waals surface area contributed by atoms with E-state index in [-0.39, 0.29) is 23.9 Å². The van der Waals surface area contributed by atoms with E-state index >= 15 is 0 Å². The van der Waals surface area contributed by atoms with Crippen molar-refractivity contribution >= 4 is 17.6 Å². The molecule has 8 nitrogen and oxygen atoms in total. The predicted molar refractivity (Wildman–Crippen MR) is 99.7 cm³/mol. The molecule has 0 bridgehead atoms. The number of carbonyl (C=O) groups is 2. The Balaban J connectivity index is 1.66. The van der Waals surface area contributed by atoms with Crippen LogP contribution in [0.2, 0.25) is 0 Å². The Bertz CT molecular complexity index is 812. The van der Waals surface area contributed by atoms with E-state index in [1.165, 1.54) is 10.7 Å². The predicted octanol–water partition coefficient (Wildman–Crippen LogP) is 1.68. The first-order chi connectivity index (χ1) is 13.1. The van der Waals surface area contributed by atoms with E-state index < -0.39 is 5.97 Å². The van der Waals surface area contributed by atoms with Crippen molar-refractivity contribution < 1.29 is 19.1 Å². The number of anilines is 1. The molecule has 0 unspecified atom stereocenters. The molecule has 1 aliphatic heterocycles. The Morgan fingerprint density at radius 2 is 2.04 bits per heavy atom. The molecular formula is C19H24N4O4. The molecule has 1 amide bonds. The fourth-order valence-electron chi connectivity index (χ4n) is 2.93. The SMILES string of the molecule is CCOC(=O)c1cc(C(=O)Nc2cccc(CN3CCOCC3)c2)nn1C. The molecule has 27 heavy (non-hydrogen) atoms. The lowest BCUT2D eigenvalue weighted by molar-refractivity contribution is 0.0342. The monoisotopic (exact) mass is 372 g/mol. The lowest BCUT2D eigenvalue weighted by Crippen LogP contribution is -2.35. The van der Waals surface area contributed by atoms with E-state index in [9.17, 15) is 9.59 Å². The van der Waals surface area contributed by atoms with Crippen molar-refractivity contribution in [2.75, 3.05) is 38.2 Å². The first-order valence-electron chi connectivity index (χ1n) is 8.98. The highest BCUT2D eigenvalue weighted by atomic mass is 16.5. The number of esters is 1. The summed E-state index contributed by atoms with van der Waals surface area (Å²) in [6.07, 6.45) is 0. The number of hydrogen-bond donors (Lipinski definition) is 1. The maximum atomic E-state index is 12.5. The molecular weight excluding hydrogens is 348 g/mol. The molecule has 0 radical (unpaired) electrons. The fraction of sp³-hybridized carbons (Fsp3) is 0.421. The molecule has 2 aromatic rings. The molecule has 1 aliphatic rings. The van der Waals surface area contributed by atoms with Crippen molar-refractivity contribution in [3.05, 3.63) is 47.3 Å². The Morgan fingerprint density at radius 3 is 2.78 bits per heavy atom. The third-order valence-corrected chi connectivity index (χ3v) is 4.29. The van der Waals surface area contributed by atoms with Gasteiger partial charge < -0.3 is 14.8 Å². The summed E-state index contributed by atoms with van der Waals surface area (Å²) in [5, 5.41) is 6.94. The van der Waals surface area contributed by atoms with Crippen LogP contribution in [-0.2, 0) is 23.1 Å². The van der Waals surface area contributed by atoms with Gasteiger partial charge >= 0.3 is 5.97 Å². The highest BCUT2D eigenvalue weighted by Crippen LogP contribution is 2.15. The average molecular weight is 372 g/mol. The van der Waals surface area contributed by atoms with Crippen LogP contribution in [0, 0.1) is 0 Å². The Labute approximate surface area is 158 Å². The number of morpholine rings is 1. The van der Waals surface area contributed by atoms with Gasteiger partial charge in [0, 0.05) is 38.4 Å². The van der Waals surface area contributed by atoms with Gasteiger partial charge in [0.25, 0.3) is 5.91 Å². The molecule has 0 aliphatic carbocycles. The summed E-state index contributed by atoms with van der Waals surface area (Å²) in [5.41, 5.74) is 2.21. The first-order valence-corrected chi connectivity index (χ1v) is 8.98. The minimum absolute atomic E-state index is 0.166. The molecule has 1 aromatic heterocycles. The van der Waals surface area contributed by atoms with Crippen LogP contribution in [0.1, 0.15) is 33.5 Å². The Kier molecular flexibility index (Phi) is 6.20. The summed E-state index contributed by atoms with van der Waals surface area (Å²) in [4.78, 5) is 26.7. The fourth-order valence-corrected chi connectivity index (χ4v) is 2.93. The van der Waals surface area contributed by atoms with Crippen molar-refractivity contribution in [2.24, 2.45) is 7.05 Å². The standard InChI is InChI=1S/C19H24N4O4/c1-3-27-19(25)17-12-16(21-22(17)2)18(24)20-15-6-4-5-14(11-15)13-23-7-9-26-10-8-23/h4-6,11-12H,3,7-10,13H2,1-2H3,(H,20,24). The van der Waals surface area contributed by atoms with Crippen molar-refractivity contribution in [1.29, 1.82) is 0 Å². The quantitative estimate of drug-likeness (QED) is 0.777. The van der Waals surface area contributed by atoms with Gasteiger partial charge in [-0.05, 0) is 24.6 Å². The minimum Gasteiger partial charge on any atom is -0.461 e. The van der Waals surface area contributed by atoms with Crippen molar-refractivity contribution in [3.8, 4) is 0 Å². The zero-order valence-corrected chi connectivity index (χ0v) is 15.6. The van der Waals surface area contributed by atoms with E-state index in [1.807, 2.05) is 24.3 Å². The van der Waals surface area contributed by atoms with Crippen molar-refractivity contribution in [3.63, 3.8) is 0 Å². The zero-order valence-electron chi connectivity index (χ0n) is 15.6. The normalized spacial score (nSPS) is 14.7. The second-order valence-electron chi connectivity index (χ2n) is 6.30. The number of carbonyl (C=O) groups excluding carboxylic acids is 2. The van der Waals surface area contributed by atoms with E-state index in [1.54, 1.807) is 14.0 Å². The molecule has 1 aromatic carbocycles. The summed E-state index contributed by atoms with van der Waals surface area (Å²) < 4.78 is 11.7. The molecule has 1 fully saturated rings. The molecule has 144 valence electrons. The number of rotatable bonds is 6. The molecule has 3 rings (SSSR count). The number of nitrogens with one attached hydrogen (secondary N) is 1. The van der Waals surface area contributed by atoms with E-state index in [0.717, 1.165) is 38.4 Å². The van der Waals surface area contributed by atoms with Gasteiger partial charge in [0.1, 0.15) is 5.69 Å². The summed E-state index contributed by atoms with van der Waals surface area (Å²) in [6, 6.07) is 9.15. The molecule has 1 saturated heterocycles. The molecule has 0 saturated carbocycles. The smallest absolute Gasteiger partial charge is 0.356 e. The van der Waals surface area contributed by atoms with Gasteiger partial charge in [-0.3, -0.25) is 14.4 Å². The second kappa shape index (κ2) is 8.79. The number of amides is 1. The number of aryl methyl sites for hydroxylation is 1. The molecule has 0 spiro atoms. The highest BCUT2D eigenvalue weighted by molar-refractivity contribution is 6.04. The van der Waals surface area contributed by atoms with E-state index in [4.69, 9.17) is 9.47 Å². The van der Waals surface area contributed by atoms with Gasteiger partial charge in [-0.1, -0.05) is 12.1 Å². The number of hydrogen-bond acceptors (Lipinski definition) is 6. The van der Waals surface area contributed by atoms with Crippen LogP contribution in [0.3, 0.4) is 0 Å². The molecule has 2 heterocycles. The van der Waals surface area contributed by atoms with Gasteiger partial charge in [0.05, 0.1) is 19.8 Å². The van der Waals surface area contributed by atoms with Crippen molar-refractivity contribution in [2.45, 2.75) is 13.5 Å². The van der Waals surface area contributed by atoms with Crippen LogP contribution in [-0.4, -0.2) is 59.5 Å². The van der Waals surface area contributed by atoms with E-state index in [2.05, 4.69) is 15.3 Å². The van der Waals surface area contributed by atoms with Crippen LogP contribution < -0.4 is 5.32 Å². The zero-order chi connectivity index (χ0) is 19.2. The maximum absolute atomic E-state index is 12.5. The number of nitrogens with zero attached hydrogens (tertiary/aromatic N) is 3. The molecule has 1 N–H and O–H groups in total. The van der Waals surface area contributed by atoms with Crippen LogP contribution in [0.4, 0.5) is 5.69 Å². The minimum atomic E-state index is -0.501. The summed E-state index contributed by atoms with van der Waals surface area (Å²) in [7, 11) is 1.60. The van der Waals surface area contributed by atoms with E-state index in [0.29, 0.717) is 5.69 Å². The lowest BCUT2D eigenvalue weighted by atomic mass is 10.1. The maximum Gasteiger partial charge on any atom is 0.356 e. The largest absolute Gasteiger partial charge is 0.461 e.